The van der Waals surface area contributed by atoms with Crippen molar-refractivity contribution < 1.29 is 9.47 Å². The molecular weight excluding hydrogens is 524 g/mol. The summed E-state index contributed by atoms with van der Waals surface area (Å²) in [4.78, 5) is 6.85. The number of aryl methyl sites for hydroxylation is 1. The van der Waals surface area contributed by atoms with Crippen molar-refractivity contribution in [1.29, 1.82) is 0 Å². The van der Waals surface area contributed by atoms with Crippen LogP contribution < -0.4 is 19.7 Å². The minimum Gasteiger partial charge on any atom is -0.454 e. The van der Waals surface area contributed by atoms with Gasteiger partial charge in [-0.2, -0.15) is 0 Å². The molecular formula is C27H23BrN4O2S. The summed E-state index contributed by atoms with van der Waals surface area (Å²) in [7, 11) is 0. The zero-order chi connectivity index (χ0) is 24.1. The summed E-state index contributed by atoms with van der Waals surface area (Å²) in [6.45, 7) is 4.53. The van der Waals surface area contributed by atoms with Crippen LogP contribution in [0.5, 0.6) is 11.5 Å². The fraction of sp³-hybridized carbons (Fsp3) is 0.185. The number of nitrogens with zero attached hydrogens (tertiary/aromatic N) is 3. The molecule has 8 heteroatoms. The van der Waals surface area contributed by atoms with Crippen molar-refractivity contribution in [3.8, 4) is 17.2 Å². The van der Waals surface area contributed by atoms with Crippen LogP contribution in [-0.2, 0) is 0 Å². The summed E-state index contributed by atoms with van der Waals surface area (Å²) < 4.78 is 14.5. The standard InChI is InChI=1S/C27H23BrN4O2S/c1-16-12-21(17(2)31(16)19-7-5-6-18(28)13-19)26-25(22-8-3-4-11-29-22)30-27(35)32(26)20-9-10-23-24(14-20)34-15-33-23/h3-14,25-26H,15H2,1-2H3,(H,30,35)/t25-,26-/m0/s1. The molecule has 1 saturated heterocycles. The lowest BCUT2D eigenvalue weighted by molar-refractivity contribution is 0.174. The molecule has 6 nitrogen and oxygen atoms in total. The number of halogens is 1. The van der Waals surface area contributed by atoms with Gasteiger partial charge < -0.3 is 24.3 Å². The van der Waals surface area contributed by atoms with Gasteiger partial charge in [0.25, 0.3) is 0 Å². The van der Waals surface area contributed by atoms with E-state index in [-0.39, 0.29) is 18.9 Å². The second-order valence-corrected chi connectivity index (χ2v) is 9.98. The van der Waals surface area contributed by atoms with Crippen molar-refractivity contribution in [1.82, 2.24) is 14.9 Å². The summed E-state index contributed by atoms with van der Waals surface area (Å²) in [6, 6.07) is 22.3. The first-order valence-electron chi connectivity index (χ1n) is 11.4. The molecule has 0 amide bonds. The van der Waals surface area contributed by atoms with Crippen molar-refractivity contribution in [2.75, 3.05) is 11.7 Å². The molecule has 0 saturated carbocycles. The van der Waals surface area contributed by atoms with Crippen LogP contribution in [0.3, 0.4) is 0 Å². The number of fused-ring (bicyclic) bond motifs is 1. The van der Waals surface area contributed by atoms with Crippen LogP contribution >= 0.6 is 28.1 Å². The fourth-order valence-corrected chi connectivity index (χ4v) is 5.82. The molecule has 0 bridgehead atoms. The molecule has 0 aliphatic carbocycles. The molecule has 176 valence electrons. The third-order valence-corrected chi connectivity index (χ3v) is 7.40. The molecule has 1 N–H and O–H groups in total. The van der Waals surface area contributed by atoms with E-state index in [1.807, 2.05) is 48.7 Å². The van der Waals surface area contributed by atoms with Crippen molar-refractivity contribution in [3.63, 3.8) is 0 Å². The van der Waals surface area contributed by atoms with Crippen LogP contribution in [0.15, 0.2) is 77.4 Å². The smallest absolute Gasteiger partial charge is 0.231 e. The van der Waals surface area contributed by atoms with Crippen LogP contribution in [-0.4, -0.2) is 21.5 Å². The van der Waals surface area contributed by atoms with Gasteiger partial charge in [-0.25, -0.2) is 0 Å². The SMILES string of the molecule is Cc1cc([C@H]2[C@H](c3ccccn3)NC(=S)N2c2ccc3c(c2)OCO3)c(C)n1-c1cccc(Br)c1. The minimum atomic E-state index is -0.120. The van der Waals surface area contributed by atoms with Crippen LogP contribution in [0.25, 0.3) is 5.69 Å². The van der Waals surface area contributed by atoms with Crippen molar-refractivity contribution >= 4 is 38.9 Å². The molecule has 1 fully saturated rings. The van der Waals surface area contributed by atoms with Gasteiger partial charge in [-0.3, -0.25) is 4.98 Å². The molecule has 35 heavy (non-hydrogen) atoms. The third kappa shape index (κ3) is 3.77. The first kappa shape index (κ1) is 22.1. The second kappa shape index (κ2) is 8.70. The number of ether oxygens (including phenoxy) is 2. The molecule has 4 aromatic rings. The summed E-state index contributed by atoms with van der Waals surface area (Å²) in [5.74, 6) is 1.47. The fourth-order valence-electron chi connectivity index (χ4n) is 5.08. The van der Waals surface area contributed by atoms with Gasteiger partial charge in [0, 0.05) is 39.5 Å². The van der Waals surface area contributed by atoms with Gasteiger partial charge in [0.2, 0.25) is 6.79 Å². The van der Waals surface area contributed by atoms with Crippen LogP contribution in [0.4, 0.5) is 5.69 Å². The van der Waals surface area contributed by atoms with E-state index in [4.69, 9.17) is 21.7 Å². The molecule has 2 aliphatic heterocycles. The van der Waals surface area contributed by atoms with E-state index in [2.05, 4.69) is 73.8 Å². The molecule has 4 heterocycles. The number of thiocarbonyl (C=S) groups is 1. The predicted molar refractivity (Wildman–Crippen MR) is 143 cm³/mol. The van der Waals surface area contributed by atoms with E-state index < -0.39 is 0 Å². The first-order valence-corrected chi connectivity index (χ1v) is 12.6. The van der Waals surface area contributed by atoms with E-state index in [1.54, 1.807) is 0 Å². The number of benzene rings is 2. The Morgan fingerprint density at radius 1 is 0.971 bits per heavy atom. The van der Waals surface area contributed by atoms with Gasteiger partial charge in [0.05, 0.1) is 17.8 Å². The Labute approximate surface area is 217 Å². The molecule has 0 unspecified atom stereocenters. The predicted octanol–water partition coefficient (Wildman–Crippen LogP) is 6.16. The monoisotopic (exact) mass is 546 g/mol. The largest absolute Gasteiger partial charge is 0.454 e. The van der Waals surface area contributed by atoms with E-state index >= 15 is 0 Å². The number of hydrogen-bond acceptors (Lipinski definition) is 4. The number of aromatic nitrogens is 2. The lowest BCUT2D eigenvalue weighted by Gasteiger charge is -2.28. The van der Waals surface area contributed by atoms with Crippen LogP contribution in [0.1, 0.15) is 34.7 Å². The Bertz CT molecular complexity index is 1440. The third-order valence-electron chi connectivity index (χ3n) is 6.59. The lowest BCUT2D eigenvalue weighted by Crippen LogP contribution is -2.29. The molecule has 2 aliphatic rings. The highest BCUT2D eigenvalue weighted by Gasteiger charge is 2.42. The van der Waals surface area contributed by atoms with Crippen molar-refractivity contribution in [2.24, 2.45) is 0 Å². The van der Waals surface area contributed by atoms with Gasteiger partial charge in [0.15, 0.2) is 16.6 Å². The molecule has 2 aromatic carbocycles. The Hall–Kier alpha value is -3.36. The maximum Gasteiger partial charge on any atom is 0.231 e. The second-order valence-electron chi connectivity index (χ2n) is 8.68. The maximum atomic E-state index is 5.90. The van der Waals surface area contributed by atoms with Crippen LogP contribution in [0.2, 0.25) is 0 Å². The van der Waals surface area contributed by atoms with Gasteiger partial charge in [-0.15, -0.1) is 0 Å². The highest BCUT2D eigenvalue weighted by molar-refractivity contribution is 9.10. The average molecular weight is 547 g/mol. The highest BCUT2D eigenvalue weighted by atomic mass is 79.9. The zero-order valence-electron chi connectivity index (χ0n) is 19.2. The molecule has 6 rings (SSSR count). The van der Waals surface area contributed by atoms with E-state index in [9.17, 15) is 0 Å². The van der Waals surface area contributed by atoms with E-state index in [0.29, 0.717) is 5.11 Å². The number of hydrogen-bond donors (Lipinski definition) is 1. The number of pyridine rings is 1. The van der Waals surface area contributed by atoms with Crippen molar-refractivity contribution in [3.05, 3.63) is 100 Å². The Morgan fingerprint density at radius 3 is 2.63 bits per heavy atom. The lowest BCUT2D eigenvalue weighted by atomic mass is 9.96. The van der Waals surface area contributed by atoms with Gasteiger partial charge >= 0.3 is 0 Å². The molecule has 0 spiro atoms. The summed E-state index contributed by atoms with van der Waals surface area (Å²) in [5, 5.41) is 4.20. The molecule has 2 atom stereocenters. The number of nitrogens with one attached hydrogen (secondary N) is 1. The Morgan fingerprint density at radius 2 is 1.83 bits per heavy atom. The summed E-state index contributed by atoms with van der Waals surface area (Å²) in [6.07, 6.45) is 1.82. The maximum absolute atomic E-state index is 5.90. The van der Waals surface area contributed by atoms with Gasteiger partial charge in [-0.05, 0) is 80.2 Å². The highest BCUT2D eigenvalue weighted by Crippen LogP contribution is 2.46. The Kier molecular flexibility index (Phi) is 5.50. The van der Waals surface area contributed by atoms with Crippen LogP contribution in [0, 0.1) is 13.8 Å². The number of rotatable bonds is 4. The van der Waals surface area contributed by atoms with E-state index in [1.165, 1.54) is 5.56 Å². The quantitative estimate of drug-likeness (QED) is 0.309. The van der Waals surface area contributed by atoms with Gasteiger partial charge in [0.1, 0.15) is 0 Å². The zero-order valence-corrected chi connectivity index (χ0v) is 21.6. The van der Waals surface area contributed by atoms with E-state index in [0.717, 1.165) is 44.4 Å². The topological polar surface area (TPSA) is 51.6 Å². The molecule has 0 radical (unpaired) electrons. The minimum absolute atomic E-state index is 0.107. The average Bonchev–Trinajstić information content (AvgIpc) is 3.54. The summed E-state index contributed by atoms with van der Waals surface area (Å²) >= 11 is 9.52. The molecule has 2 aromatic heterocycles. The first-order chi connectivity index (χ1) is 17.0. The summed E-state index contributed by atoms with van der Waals surface area (Å²) in [5.41, 5.74) is 6.49. The van der Waals surface area contributed by atoms with Crippen molar-refractivity contribution in [2.45, 2.75) is 25.9 Å². The number of anilines is 1. The van der Waals surface area contributed by atoms with Gasteiger partial charge in [-0.1, -0.05) is 28.1 Å². The normalized spacial score (nSPS) is 18.7. The Balaban J connectivity index is 1.51.